The van der Waals surface area contributed by atoms with Gasteiger partial charge in [-0.2, -0.15) is 0 Å². The number of carbonyl (C=O) groups is 5. The van der Waals surface area contributed by atoms with Gasteiger partial charge in [-0.3, -0.25) is 24.0 Å². The van der Waals surface area contributed by atoms with E-state index in [4.69, 9.17) is 14.2 Å². The van der Waals surface area contributed by atoms with Crippen LogP contribution in [0.15, 0.2) is 0 Å². The summed E-state index contributed by atoms with van der Waals surface area (Å²) in [6.45, 7) is 11.4. The molecule has 1 heterocycles. The predicted molar refractivity (Wildman–Crippen MR) is 154 cm³/mol. The highest BCUT2D eigenvalue weighted by Crippen LogP contribution is 2.46. The van der Waals surface area contributed by atoms with Crippen molar-refractivity contribution in [1.29, 1.82) is 0 Å². The number of carboxylic acids is 1. The van der Waals surface area contributed by atoms with E-state index in [0.29, 0.717) is 19.4 Å². The first kappa shape index (κ1) is 36.4. The highest BCUT2D eigenvalue weighted by atomic mass is 16.5. The number of amides is 1. The average Bonchev–Trinajstić information content (AvgIpc) is 3.15. The van der Waals surface area contributed by atoms with E-state index < -0.39 is 46.5 Å². The van der Waals surface area contributed by atoms with Crippen molar-refractivity contribution in [2.45, 2.75) is 106 Å². The maximum Gasteiger partial charge on any atom is 0.312 e. The first-order chi connectivity index (χ1) is 19.3. The van der Waals surface area contributed by atoms with E-state index in [9.17, 15) is 29.1 Å². The van der Waals surface area contributed by atoms with Gasteiger partial charge in [0.05, 0.1) is 42.9 Å². The fourth-order valence-electron chi connectivity index (χ4n) is 5.80. The van der Waals surface area contributed by atoms with Gasteiger partial charge in [-0.05, 0) is 51.9 Å². The molecule has 1 aliphatic heterocycles. The lowest BCUT2D eigenvalue weighted by molar-refractivity contribution is -0.178. The van der Waals surface area contributed by atoms with Gasteiger partial charge in [-0.25, -0.2) is 0 Å². The van der Waals surface area contributed by atoms with E-state index >= 15 is 0 Å². The van der Waals surface area contributed by atoms with Crippen LogP contribution in [0.25, 0.3) is 0 Å². The third-order valence-electron chi connectivity index (χ3n) is 8.78. The fourth-order valence-corrected chi connectivity index (χ4v) is 5.80. The van der Waals surface area contributed by atoms with Crippen LogP contribution in [0.5, 0.6) is 0 Å². The van der Waals surface area contributed by atoms with E-state index in [1.165, 1.54) is 13.8 Å². The van der Waals surface area contributed by atoms with Crippen molar-refractivity contribution in [1.82, 2.24) is 4.90 Å². The van der Waals surface area contributed by atoms with E-state index in [0.717, 1.165) is 52.1 Å². The number of hydrogen-bond donors (Lipinski definition) is 1. The number of methoxy groups -OCH3 is 1. The second kappa shape index (κ2) is 17.3. The molecule has 10 nitrogen and oxygen atoms in total. The zero-order valence-corrected chi connectivity index (χ0v) is 26.3. The zero-order valence-electron chi connectivity index (χ0n) is 26.3. The SMILES string of the molecule is CCCCC(CC)COC(=O)C(C)(CC)CC(C)(C(=O)OC)C(C(=O)O)C(C)C(=O)OCCN1CCCCCC1=O. The quantitative estimate of drug-likeness (QED) is 0.174. The van der Waals surface area contributed by atoms with Crippen LogP contribution in [0.4, 0.5) is 0 Å². The Morgan fingerprint density at radius 1 is 1.02 bits per heavy atom. The molecule has 0 spiro atoms. The van der Waals surface area contributed by atoms with Crippen LogP contribution in [0.2, 0.25) is 0 Å². The lowest BCUT2D eigenvalue weighted by atomic mass is 9.62. The third-order valence-corrected chi connectivity index (χ3v) is 8.78. The molecule has 1 saturated heterocycles. The Bertz CT molecular complexity index is 891. The summed E-state index contributed by atoms with van der Waals surface area (Å²) in [4.78, 5) is 66.2. The maximum atomic E-state index is 13.4. The maximum absolute atomic E-state index is 13.4. The Balaban J connectivity index is 3.11. The molecular formula is C31H53NO9. The minimum absolute atomic E-state index is 0.00892. The van der Waals surface area contributed by atoms with E-state index in [-0.39, 0.29) is 38.0 Å². The van der Waals surface area contributed by atoms with E-state index in [1.54, 1.807) is 18.7 Å². The minimum atomic E-state index is -1.74. The number of carbonyl (C=O) groups excluding carboxylic acids is 4. The summed E-state index contributed by atoms with van der Waals surface area (Å²) in [6, 6.07) is 0. The van der Waals surface area contributed by atoms with Crippen molar-refractivity contribution in [3.63, 3.8) is 0 Å². The second-order valence-electron chi connectivity index (χ2n) is 12.0. The van der Waals surface area contributed by atoms with Crippen molar-refractivity contribution in [3.8, 4) is 0 Å². The molecular weight excluding hydrogens is 530 g/mol. The standard InChI is InChI=1S/C31H53NO9/c1-8-11-15-23(9-2)20-41-28(37)30(5,10-3)21-31(6,29(38)39-7)25(26(34)35)22(4)27(36)40-19-18-32-17-14-12-13-16-24(32)33/h22-23,25H,8-21H2,1-7H3,(H,34,35). The summed E-state index contributed by atoms with van der Waals surface area (Å²) in [5.41, 5.74) is -2.94. The van der Waals surface area contributed by atoms with Crippen molar-refractivity contribution >= 4 is 29.8 Å². The van der Waals surface area contributed by atoms with Gasteiger partial charge in [0.15, 0.2) is 0 Å². The summed E-state index contributed by atoms with van der Waals surface area (Å²) < 4.78 is 16.2. The molecule has 1 N–H and O–H groups in total. The van der Waals surface area contributed by atoms with Crippen LogP contribution in [-0.2, 0) is 38.2 Å². The summed E-state index contributed by atoms with van der Waals surface area (Å²) in [5.74, 6) is -6.04. The number of hydrogen-bond acceptors (Lipinski definition) is 8. The highest BCUT2D eigenvalue weighted by molar-refractivity contribution is 5.89. The molecule has 5 unspecified atom stereocenters. The number of aliphatic carboxylic acids is 1. The third kappa shape index (κ3) is 10.3. The molecule has 0 radical (unpaired) electrons. The second-order valence-corrected chi connectivity index (χ2v) is 12.0. The number of unbranched alkanes of at least 4 members (excludes halogenated alkanes) is 1. The Morgan fingerprint density at radius 3 is 2.27 bits per heavy atom. The van der Waals surface area contributed by atoms with Crippen LogP contribution in [0.1, 0.15) is 106 Å². The molecule has 5 atom stereocenters. The monoisotopic (exact) mass is 583 g/mol. The van der Waals surface area contributed by atoms with Crippen molar-refractivity contribution in [2.24, 2.45) is 28.6 Å². The highest BCUT2D eigenvalue weighted by Gasteiger charge is 2.55. The molecule has 0 aromatic heterocycles. The van der Waals surface area contributed by atoms with Gasteiger partial charge in [0.2, 0.25) is 5.91 Å². The van der Waals surface area contributed by atoms with Gasteiger partial charge < -0.3 is 24.2 Å². The van der Waals surface area contributed by atoms with Gasteiger partial charge in [-0.1, -0.05) is 53.4 Å². The molecule has 1 amide bonds. The average molecular weight is 584 g/mol. The Kier molecular flexibility index (Phi) is 15.4. The lowest BCUT2D eigenvalue weighted by Crippen LogP contribution is -2.50. The van der Waals surface area contributed by atoms with Gasteiger partial charge in [0.1, 0.15) is 6.61 Å². The molecule has 1 aliphatic rings. The Morgan fingerprint density at radius 2 is 1.71 bits per heavy atom. The minimum Gasteiger partial charge on any atom is -0.481 e. The Hall–Kier alpha value is -2.65. The first-order valence-electron chi connectivity index (χ1n) is 15.2. The van der Waals surface area contributed by atoms with E-state index in [1.807, 2.05) is 6.92 Å². The number of likely N-dealkylation sites (tertiary alicyclic amines) is 1. The molecule has 1 fully saturated rings. The van der Waals surface area contributed by atoms with Gasteiger partial charge in [-0.15, -0.1) is 0 Å². The number of esters is 3. The molecule has 0 bridgehead atoms. The topological polar surface area (TPSA) is 137 Å². The number of rotatable bonds is 18. The molecule has 0 saturated carbocycles. The largest absolute Gasteiger partial charge is 0.481 e. The summed E-state index contributed by atoms with van der Waals surface area (Å²) in [6.07, 6.45) is 7.12. The van der Waals surface area contributed by atoms with Crippen molar-refractivity contribution in [3.05, 3.63) is 0 Å². The zero-order chi connectivity index (χ0) is 31.2. The number of carboxylic acid groups (broad SMARTS) is 1. The van der Waals surface area contributed by atoms with Crippen molar-refractivity contribution < 1.29 is 43.3 Å². The van der Waals surface area contributed by atoms with Crippen LogP contribution in [-0.4, -0.2) is 73.2 Å². The van der Waals surface area contributed by atoms with Gasteiger partial charge in [0, 0.05) is 13.0 Å². The molecule has 0 aromatic rings. The molecule has 236 valence electrons. The molecule has 0 aliphatic carbocycles. The smallest absolute Gasteiger partial charge is 0.312 e. The lowest BCUT2D eigenvalue weighted by Gasteiger charge is -2.40. The molecule has 41 heavy (non-hydrogen) atoms. The summed E-state index contributed by atoms with van der Waals surface area (Å²) in [7, 11) is 1.15. The molecule has 0 aromatic carbocycles. The summed E-state index contributed by atoms with van der Waals surface area (Å²) >= 11 is 0. The van der Waals surface area contributed by atoms with Crippen LogP contribution >= 0.6 is 0 Å². The normalized spacial score (nSPS) is 19.1. The fraction of sp³-hybridized carbons (Fsp3) is 0.839. The van der Waals surface area contributed by atoms with Gasteiger partial charge >= 0.3 is 23.9 Å². The molecule has 1 rings (SSSR count). The van der Waals surface area contributed by atoms with Crippen molar-refractivity contribution in [2.75, 3.05) is 33.4 Å². The first-order valence-corrected chi connectivity index (χ1v) is 15.2. The van der Waals surface area contributed by atoms with Gasteiger partial charge in [0.25, 0.3) is 0 Å². The molecule has 10 heteroatoms. The summed E-state index contributed by atoms with van der Waals surface area (Å²) in [5, 5.41) is 10.3. The van der Waals surface area contributed by atoms with Crippen LogP contribution < -0.4 is 0 Å². The number of nitrogens with zero attached hydrogens (tertiary/aromatic N) is 1. The van der Waals surface area contributed by atoms with E-state index in [2.05, 4.69) is 6.92 Å². The Labute approximate surface area is 245 Å². The van der Waals surface area contributed by atoms with Crippen LogP contribution in [0, 0.1) is 28.6 Å². The predicted octanol–water partition coefficient (Wildman–Crippen LogP) is 5.01. The number of ether oxygens (including phenoxy) is 3. The van der Waals surface area contributed by atoms with Crippen LogP contribution in [0.3, 0.4) is 0 Å².